The Morgan fingerprint density at radius 1 is 1.39 bits per heavy atom. The van der Waals surface area contributed by atoms with Crippen molar-refractivity contribution in [2.24, 2.45) is 5.92 Å². The number of anilines is 1. The second-order valence-corrected chi connectivity index (χ2v) is 7.01. The second kappa shape index (κ2) is 7.49. The molecule has 5 nitrogen and oxygen atoms in total. The maximum Gasteiger partial charge on any atom is 0.407 e. The van der Waals surface area contributed by atoms with Gasteiger partial charge in [-0.05, 0) is 51.7 Å². The molecule has 126 valence electrons. The van der Waals surface area contributed by atoms with E-state index in [1.165, 1.54) is 0 Å². The smallest absolute Gasteiger partial charge is 0.407 e. The highest BCUT2D eigenvalue weighted by molar-refractivity contribution is 5.84. The van der Waals surface area contributed by atoms with Gasteiger partial charge in [-0.2, -0.15) is 0 Å². The summed E-state index contributed by atoms with van der Waals surface area (Å²) >= 11 is 0. The normalized spacial score (nSPS) is 18.4. The van der Waals surface area contributed by atoms with Crippen LogP contribution in [0.25, 0.3) is 0 Å². The third kappa shape index (κ3) is 5.27. The second-order valence-electron chi connectivity index (χ2n) is 7.01. The molecule has 1 aromatic carbocycles. The van der Waals surface area contributed by atoms with Crippen molar-refractivity contribution in [2.75, 3.05) is 24.5 Å². The summed E-state index contributed by atoms with van der Waals surface area (Å²) in [5.74, 6) is 0.357. The average molecular weight is 318 g/mol. The number of nitrogens with one attached hydrogen (secondary N) is 1. The van der Waals surface area contributed by atoms with Crippen LogP contribution in [-0.4, -0.2) is 37.6 Å². The summed E-state index contributed by atoms with van der Waals surface area (Å²) < 4.78 is 5.27. The molecule has 1 amide bonds. The molecule has 1 aromatic rings. The van der Waals surface area contributed by atoms with E-state index < -0.39 is 5.60 Å². The number of rotatable bonds is 4. The van der Waals surface area contributed by atoms with Gasteiger partial charge in [0, 0.05) is 30.9 Å². The molecule has 1 heterocycles. The third-order valence-electron chi connectivity index (χ3n) is 3.86. The van der Waals surface area contributed by atoms with Gasteiger partial charge in [-0.25, -0.2) is 4.79 Å². The third-order valence-corrected chi connectivity index (χ3v) is 3.86. The van der Waals surface area contributed by atoms with Gasteiger partial charge >= 0.3 is 6.09 Å². The van der Waals surface area contributed by atoms with Crippen LogP contribution >= 0.6 is 0 Å². The molecule has 0 spiro atoms. The van der Waals surface area contributed by atoms with Crippen molar-refractivity contribution in [3.8, 4) is 0 Å². The predicted molar refractivity (Wildman–Crippen MR) is 91.0 cm³/mol. The minimum absolute atomic E-state index is 0.357. The van der Waals surface area contributed by atoms with Crippen LogP contribution in [-0.2, 0) is 4.74 Å². The molecule has 1 unspecified atom stereocenters. The Kier molecular flexibility index (Phi) is 5.64. The van der Waals surface area contributed by atoms with Gasteiger partial charge in [0.15, 0.2) is 6.29 Å². The molecule has 1 aliphatic rings. The van der Waals surface area contributed by atoms with Gasteiger partial charge in [0.05, 0.1) is 0 Å². The number of hydrogen-bond donors (Lipinski definition) is 1. The molecule has 1 saturated heterocycles. The van der Waals surface area contributed by atoms with E-state index in [-0.39, 0.29) is 6.09 Å². The molecule has 0 aromatic heterocycles. The van der Waals surface area contributed by atoms with E-state index in [2.05, 4.69) is 10.2 Å². The van der Waals surface area contributed by atoms with Crippen LogP contribution in [0, 0.1) is 5.92 Å². The van der Waals surface area contributed by atoms with Crippen molar-refractivity contribution in [3.05, 3.63) is 29.8 Å². The Bertz CT molecular complexity index is 551. The van der Waals surface area contributed by atoms with E-state index in [0.29, 0.717) is 18.0 Å². The number of piperidine rings is 1. The minimum Gasteiger partial charge on any atom is -0.444 e. The highest BCUT2D eigenvalue weighted by atomic mass is 16.6. The zero-order chi connectivity index (χ0) is 16.9. The average Bonchev–Trinajstić information content (AvgIpc) is 2.51. The minimum atomic E-state index is -0.481. The fraction of sp³-hybridized carbons (Fsp3) is 0.556. The lowest BCUT2D eigenvalue weighted by molar-refractivity contribution is 0.0517. The summed E-state index contributed by atoms with van der Waals surface area (Å²) in [7, 11) is 0. The summed E-state index contributed by atoms with van der Waals surface area (Å²) in [5.41, 5.74) is 1.21. The van der Waals surface area contributed by atoms with Gasteiger partial charge < -0.3 is 15.0 Å². The van der Waals surface area contributed by atoms with E-state index in [1.54, 1.807) is 0 Å². The lowest BCUT2D eigenvalue weighted by atomic mass is 9.97. The van der Waals surface area contributed by atoms with Gasteiger partial charge in [0.2, 0.25) is 0 Å². The number of carbonyl (C=O) groups is 2. The molecule has 5 heteroatoms. The van der Waals surface area contributed by atoms with E-state index in [4.69, 9.17) is 4.74 Å². The number of aldehydes is 1. The first-order valence-corrected chi connectivity index (χ1v) is 8.15. The largest absolute Gasteiger partial charge is 0.444 e. The van der Waals surface area contributed by atoms with Crippen molar-refractivity contribution < 1.29 is 14.3 Å². The Balaban J connectivity index is 1.91. The number of alkyl carbamates (subject to hydrolysis) is 1. The van der Waals surface area contributed by atoms with Crippen LogP contribution in [0.3, 0.4) is 0 Å². The molecule has 1 atom stereocenters. The summed E-state index contributed by atoms with van der Waals surface area (Å²) in [6.07, 6.45) is 2.64. The molecule has 0 aliphatic carbocycles. The topological polar surface area (TPSA) is 58.6 Å². The van der Waals surface area contributed by atoms with Gasteiger partial charge in [-0.15, -0.1) is 0 Å². The Morgan fingerprint density at radius 2 is 2.13 bits per heavy atom. The summed E-state index contributed by atoms with van der Waals surface area (Å²) in [6.45, 7) is 7.92. The zero-order valence-corrected chi connectivity index (χ0v) is 14.2. The number of benzene rings is 1. The van der Waals surface area contributed by atoms with E-state index in [0.717, 1.165) is 37.9 Å². The number of hydrogen-bond acceptors (Lipinski definition) is 4. The van der Waals surface area contributed by atoms with Crippen molar-refractivity contribution in [1.82, 2.24) is 5.32 Å². The molecule has 1 N–H and O–H groups in total. The van der Waals surface area contributed by atoms with Crippen molar-refractivity contribution in [2.45, 2.75) is 39.2 Å². The fourth-order valence-electron chi connectivity index (χ4n) is 2.87. The van der Waals surface area contributed by atoms with E-state index >= 15 is 0 Å². The molecule has 1 fully saturated rings. The molecular weight excluding hydrogens is 292 g/mol. The number of carbonyl (C=O) groups excluding carboxylic acids is 2. The molecule has 0 saturated carbocycles. The highest BCUT2D eigenvalue weighted by Crippen LogP contribution is 2.25. The van der Waals surface area contributed by atoms with Crippen molar-refractivity contribution >= 4 is 18.1 Å². The quantitative estimate of drug-likeness (QED) is 0.866. The maximum absolute atomic E-state index is 11.8. The molecule has 1 aliphatic heterocycles. The Morgan fingerprint density at radius 3 is 2.83 bits per heavy atom. The van der Waals surface area contributed by atoms with Crippen LogP contribution in [0.4, 0.5) is 10.5 Å². The van der Waals surface area contributed by atoms with Crippen LogP contribution in [0.2, 0.25) is 0 Å². The van der Waals surface area contributed by atoms with Gasteiger partial charge in [0.1, 0.15) is 5.60 Å². The molecular formula is C18H26N2O3. The summed E-state index contributed by atoms with van der Waals surface area (Å²) in [4.78, 5) is 25.2. The number of nitrogens with zero attached hydrogens (tertiary/aromatic N) is 1. The molecule has 23 heavy (non-hydrogen) atoms. The zero-order valence-electron chi connectivity index (χ0n) is 14.2. The Labute approximate surface area is 138 Å². The monoisotopic (exact) mass is 318 g/mol. The molecule has 2 rings (SSSR count). The lowest BCUT2D eigenvalue weighted by Gasteiger charge is -2.35. The number of para-hydroxylation sites is 1. The highest BCUT2D eigenvalue weighted by Gasteiger charge is 2.23. The number of amides is 1. The van der Waals surface area contributed by atoms with Crippen LogP contribution in [0.1, 0.15) is 44.0 Å². The van der Waals surface area contributed by atoms with Gasteiger partial charge in [-0.1, -0.05) is 12.1 Å². The Hall–Kier alpha value is -2.04. The van der Waals surface area contributed by atoms with Crippen molar-refractivity contribution in [3.63, 3.8) is 0 Å². The van der Waals surface area contributed by atoms with Crippen LogP contribution in [0.5, 0.6) is 0 Å². The van der Waals surface area contributed by atoms with Gasteiger partial charge in [-0.3, -0.25) is 4.79 Å². The standard InChI is InChI=1S/C18H26N2O3/c1-18(2,3)23-17(22)19-11-14-7-6-10-20(12-14)16-9-5-4-8-15(16)13-21/h4-5,8-9,13-14H,6-7,10-12H2,1-3H3,(H,19,22). The van der Waals surface area contributed by atoms with Crippen LogP contribution < -0.4 is 10.2 Å². The summed E-state index contributed by atoms with van der Waals surface area (Å²) in [6, 6.07) is 7.64. The molecule has 0 radical (unpaired) electrons. The van der Waals surface area contributed by atoms with Crippen molar-refractivity contribution in [1.29, 1.82) is 0 Å². The van der Waals surface area contributed by atoms with Gasteiger partial charge in [0.25, 0.3) is 0 Å². The summed E-state index contributed by atoms with van der Waals surface area (Å²) in [5, 5.41) is 2.85. The van der Waals surface area contributed by atoms with E-state index in [1.807, 2.05) is 45.0 Å². The molecule has 0 bridgehead atoms. The predicted octanol–water partition coefficient (Wildman–Crippen LogP) is 3.24. The lowest BCUT2D eigenvalue weighted by Crippen LogP contribution is -2.42. The van der Waals surface area contributed by atoms with Crippen LogP contribution in [0.15, 0.2) is 24.3 Å². The number of ether oxygens (including phenoxy) is 1. The SMILES string of the molecule is CC(C)(C)OC(=O)NCC1CCCN(c2ccccc2C=O)C1. The first-order chi connectivity index (χ1) is 10.9. The maximum atomic E-state index is 11.8. The van der Waals surface area contributed by atoms with E-state index in [9.17, 15) is 9.59 Å². The fourth-order valence-corrected chi connectivity index (χ4v) is 2.87. The first kappa shape index (κ1) is 17.3. The first-order valence-electron chi connectivity index (χ1n) is 8.15.